The Hall–Kier alpha value is -2.37. The number of hydrogen-bond donors (Lipinski definition) is 1. The number of halogens is 2. The number of aromatic nitrogens is 1. The molecule has 3 aromatic rings. The topological polar surface area (TPSA) is 39.6 Å². The quantitative estimate of drug-likeness (QED) is 0.558. The minimum atomic E-state index is -2.90. The molecule has 2 unspecified atom stereocenters. The molecule has 26 heavy (non-hydrogen) atoms. The van der Waals surface area contributed by atoms with E-state index in [2.05, 4.69) is 29.9 Å². The molecule has 0 spiro atoms. The average Bonchev–Trinajstić information content (AvgIpc) is 2.54. The fourth-order valence-corrected chi connectivity index (χ4v) is 3.96. The van der Waals surface area contributed by atoms with Gasteiger partial charge in [-0.15, -0.1) is 0 Å². The second-order valence-electron chi connectivity index (χ2n) is 6.92. The first-order chi connectivity index (χ1) is 12.4. The predicted octanol–water partition coefficient (Wildman–Crippen LogP) is 6.12. The first kappa shape index (κ1) is 18.4. The molecule has 0 fully saturated rings. The van der Waals surface area contributed by atoms with Gasteiger partial charge in [0, 0.05) is 17.8 Å². The van der Waals surface area contributed by atoms with Crippen molar-refractivity contribution in [1.82, 2.24) is 4.75 Å². The van der Waals surface area contributed by atoms with Gasteiger partial charge < -0.3 is 4.75 Å². The van der Waals surface area contributed by atoms with Gasteiger partial charge in [0.05, 0.1) is 0 Å². The minimum Gasteiger partial charge on any atom is -0.338 e. The van der Waals surface area contributed by atoms with Crippen LogP contribution in [0.3, 0.4) is 0 Å². The second kappa shape index (κ2) is 7.48. The van der Waals surface area contributed by atoms with Gasteiger partial charge in [-0.05, 0) is 47.6 Å². The zero-order valence-electron chi connectivity index (χ0n) is 14.8. The van der Waals surface area contributed by atoms with E-state index >= 15 is 0 Å². The monoisotopic (exact) mass is 370 g/mol. The number of nitrogens with one attached hydrogen (secondary N) is 1. The van der Waals surface area contributed by atoms with Crippen LogP contribution < -0.4 is 0 Å². The van der Waals surface area contributed by atoms with E-state index < -0.39 is 5.92 Å². The molecule has 0 bridgehead atoms. The van der Waals surface area contributed by atoms with Crippen molar-refractivity contribution < 1.29 is 8.78 Å². The maximum atomic E-state index is 14.0. The van der Waals surface area contributed by atoms with Crippen LogP contribution in [0.4, 0.5) is 8.78 Å². The van der Waals surface area contributed by atoms with Crippen molar-refractivity contribution in [3.8, 4) is 16.9 Å². The third-order valence-corrected chi connectivity index (χ3v) is 5.64. The normalized spacial score (nSPS) is 13.0. The third kappa shape index (κ3) is 4.23. The fourth-order valence-electron chi connectivity index (χ4n) is 3.19. The summed E-state index contributed by atoms with van der Waals surface area (Å²) in [5.41, 5.74) is 3.38. The van der Waals surface area contributed by atoms with Crippen molar-refractivity contribution in [1.29, 1.82) is 5.26 Å². The van der Waals surface area contributed by atoms with E-state index in [-0.39, 0.29) is 13.9 Å². The first-order valence-corrected chi connectivity index (χ1v) is 9.60. The van der Waals surface area contributed by atoms with Gasteiger partial charge in [-0.3, -0.25) is 0 Å². The van der Waals surface area contributed by atoms with E-state index in [1.54, 1.807) is 6.07 Å². The Bertz CT molecular complexity index is 914. The van der Waals surface area contributed by atoms with Gasteiger partial charge in [0.1, 0.15) is 11.8 Å². The van der Waals surface area contributed by atoms with Crippen LogP contribution in [0.2, 0.25) is 0 Å². The molecular weight excluding hydrogens is 349 g/mol. The molecule has 0 radical (unpaired) electrons. The van der Waals surface area contributed by atoms with Crippen LogP contribution in [0.25, 0.3) is 10.9 Å². The summed E-state index contributed by atoms with van der Waals surface area (Å²) < 4.78 is 30.9. The van der Waals surface area contributed by atoms with Crippen LogP contribution in [0, 0.1) is 17.2 Å². The lowest BCUT2D eigenvalue weighted by molar-refractivity contribution is 0.0174. The lowest BCUT2D eigenvalue weighted by Gasteiger charge is -2.18. The van der Waals surface area contributed by atoms with Crippen LogP contribution in [0.1, 0.15) is 36.2 Å². The maximum absolute atomic E-state index is 14.0. The molecule has 1 aromatic heterocycles. The Morgan fingerprint density at radius 2 is 1.81 bits per heavy atom. The summed E-state index contributed by atoms with van der Waals surface area (Å²) in [4.78, 5) is 0. The molecule has 0 aliphatic heterocycles. The van der Waals surface area contributed by atoms with Gasteiger partial charge in [-0.1, -0.05) is 51.7 Å². The summed E-state index contributed by atoms with van der Waals surface area (Å²) in [5, 5.41) is 9.95. The number of nitriles is 1. The average molecular weight is 370 g/mol. The van der Waals surface area contributed by atoms with E-state index in [1.165, 1.54) is 11.6 Å². The number of aromatic amines is 1. The van der Waals surface area contributed by atoms with Crippen molar-refractivity contribution >= 4 is 8.35 Å². The fraction of sp³-hybridized carbons (Fsp3) is 0.286. The van der Waals surface area contributed by atoms with Crippen molar-refractivity contribution in [3.05, 3.63) is 70.9 Å². The van der Waals surface area contributed by atoms with Gasteiger partial charge in [0.25, 0.3) is 5.92 Å². The standard InChI is InChI=1S/C21H21F2N2P/c1-14(8-15-6-4-3-5-7-15)9-16-10-17(20-19(13-24)25-26-20)12-18(11-16)21(2,22)23/h3-7,10-12,14,25-26H,8-9H2,1-2H3. The second-order valence-corrected chi connectivity index (χ2v) is 7.92. The Morgan fingerprint density at radius 3 is 2.38 bits per heavy atom. The van der Waals surface area contributed by atoms with E-state index in [1.807, 2.05) is 24.3 Å². The molecule has 1 N–H and O–H groups in total. The van der Waals surface area contributed by atoms with Crippen molar-refractivity contribution in [3.63, 3.8) is 0 Å². The highest BCUT2D eigenvalue weighted by molar-refractivity contribution is 7.31. The summed E-state index contributed by atoms with van der Waals surface area (Å²) in [5.74, 6) is -2.57. The highest BCUT2D eigenvalue weighted by Crippen LogP contribution is 2.38. The summed E-state index contributed by atoms with van der Waals surface area (Å²) in [7, 11) is 0.289. The van der Waals surface area contributed by atoms with Crippen LogP contribution in [-0.2, 0) is 18.8 Å². The van der Waals surface area contributed by atoms with E-state index in [0.29, 0.717) is 11.6 Å². The summed E-state index contributed by atoms with van der Waals surface area (Å²) in [6, 6.07) is 17.4. The Morgan fingerprint density at radius 1 is 1.12 bits per heavy atom. The molecule has 5 heteroatoms. The molecule has 2 nitrogen and oxygen atoms in total. The van der Waals surface area contributed by atoms with E-state index in [4.69, 9.17) is 5.26 Å². The Balaban J connectivity index is 1.88. The number of H-pyrrole nitrogens is 1. The molecule has 0 saturated carbocycles. The zero-order valence-corrected chi connectivity index (χ0v) is 15.8. The molecule has 1 heterocycles. The molecule has 0 aliphatic carbocycles. The molecule has 3 rings (SSSR count). The third-order valence-electron chi connectivity index (χ3n) is 4.47. The van der Waals surface area contributed by atoms with Crippen LogP contribution >= 0.6 is 8.35 Å². The van der Waals surface area contributed by atoms with Gasteiger partial charge in [-0.25, -0.2) is 8.78 Å². The zero-order chi connectivity index (χ0) is 18.7. The Labute approximate surface area is 154 Å². The van der Waals surface area contributed by atoms with Crippen LogP contribution in [0.15, 0.2) is 48.5 Å². The van der Waals surface area contributed by atoms with E-state index in [0.717, 1.165) is 36.2 Å². The summed E-state index contributed by atoms with van der Waals surface area (Å²) in [6.07, 6.45) is 1.62. The SMILES string of the molecule is CC(Cc1ccccc1)Cc1cc(-c2[pH][nH]c2C#N)cc(C(C)(F)F)c1. The smallest absolute Gasteiger partial charge is 0.270 e. The van der Waals surface area contributed by atoms with Gasteiger partial charge in [-0.2, -0.15) is 5.26 Å². The lowest BCUT2D eigenvalue weighted by atomic mass is 9.91. The maximum Gasteiger partial charge on any atom is 0.270 e. The number of hydrogen-bond acceptors (Lipinski definition) is 1. The summed E-state index contributed by atoms with van der Waals surface area (Å²) >= 11 is 0. The molecular formula is C21H21F2N2P. The molecule has 2 aromatic carbocycles. The molecule has 2 atom stereocenters. The molecule has 134 valence electrons. The van der Waals surface area contributed by atoms with Crippen molar-refractivity contribution in [2.45, 2.75) is 32.6 Å². The predicted molar refractivity (Wildman–Crippen MR) is 103 cm³/mol. The number of benzene rings is 2. The summed E-state index contributed by atoms with van der Waals surface area (Å²) in [6.45, 7) is 3.06. The molecule has 0 amide bonds. The molecule has 0 aliphatic rings. The Kier molecular flexibility index (Phi) is 5.30. The van der Waals surface area contributed by atoms with Crippen LogP contribution in [-0.4, -0.2) is 4.75 Å². The largest absolute Gasteiger partial charge is 0.338 e. The number of rotatable bonds is 6. The van der Waals surface area contributed by atoms with Crippen LogP contribution in [0.5, 0.6) is 0 Å². The first-order valence-electron chi connectivity index (χ1n) is 8.60. The van der Waals surface area contributed by atoms with E-state index in [9.17, 15) is 8.78 Å². The highest BCUT2D eigenvalue weighted by Gasteiger charge is 2.26. The highest BCUT2D eigenvalue weighted by atomic mass is 31.0. The number of alkyl halides is 2. The van der Waals surface area contributed by atoms with Crippen molar-refractivity contribution in [2.75, 3.05) is 0 Å². The van der Waals surface area contributed by atoms with Crippen molar-refractivity contribution in [2.24, 2.45) is 5.92 Å². The molecule has 0 saturated heterocycles. The lowest BCUT2D eigenvalue weighted by Crippen LogP contribution is -2.10. The minimum absolute atomic E-state index is 0.0124. The number of nitrogens with zero attached hydrogens (tertiary/aromatic N) is 1. The van der Waals surface area contributed by atoms with Gasteiger partial charge in [0.2, 0.25) is 0 Å². The van der Waals surface area contributed by atoms with Gasteiger partial charge in [0.15, 0.2) is 0 Å². The van der Waals surface area contributed by atoms with Gasteiger partial charge >= 0.3 is 0 Å².